The zero-order valence-corrected chi connectivity index (χ0v) is 41.0. The maximum Gasteiger partial charge on any atom is 0.326 e. The Labute approximate surface area is 437 Å². The lowest BCUT2D eigenvalue weighted by molar-refractivity contribution is -0.145. The molecule has 0 saturated carbocycles. The van der Waals surface area contributed by atoms with Crippen LogP contribution in [0.1, 0.15) is 66.7 Å². The van der Waals surface area contributed by atoms with Gasteiger partial charge >= 0.3 is 29.8 Å². The van der Waals surface area contributed by atoms with Crippen LogP contribution in [0.4, 0.5) is 11.6 Å². The number of fused-ring (bicyclic) bond motifs is 1. The summed E-state index contributed by atoms with van der Waals surface area (Å²) in [5.74, 6) is -16.3. The van der Waals surface area contributed by atoms with Crippen molar-refractivity contribution in [3.8, 4) is 0 Å². The number of carboxylic acid groups (broad SMARTS) is 5. The van der Waals surface area contributed by atoms with Gasteiger partial charge in [0, 0.05) is 43.9 Å². The highest BCUT2D eigenvalue weighted by atomic mass is 16.4. The number of nitrogen functional groups attached to an aromatic ring is 1. The van der Waals surface area contributed by atoms with Crippen LogP contribution in [-0.2, 0) is 68.0 Å². The molecule has 6 atom stereocenters. The lowest BCUT2D eigenvalue weighted by Crippen LogP contribution is -2.59. The molecule has 0 unspecified atom stereocenters. The number of hydrogen-bond donors (Lipinski definition) is 17. The maximum absolute atomic E-state index is 13.8. The first kappa shape index (κ1) is 60.2. The average molecular weight is 1100 g/mol. The van der Waals surface area contributed by atoms with Gasteiger partial charge in [-0.05, 0) is 43.5 Å². The number of aryl methyl sites for hydroxylation is 1. The number of H-pyrrole nitrogens is 1. The molecule has 4 aromatic rings. The van der Waals surface area contributed by atoms with Crippen LogP contribution in [0, 0.1) is 5.41 Å². The second-order valence-corrected chi connectivity index (χ2v) is 16.9. The maximum atomic E-state index is 13.8. The number of aromatic nitrogens is 7. The van der Waals surface area contributed by atoms with Crippen molar-refractivity contribution in [2.45, 2.75) is 94.2 Å². The summed E-state index contributed by atoms with van der Waals surface area (Å²) in [6.45, 7) is -0.0319. The Balaban J connectivity index is 1.41. The zero-order chi connectivity index (χ0) is 57.8. The number of carbonyl (C=O) groups is 11. The fourth-order valence-electron chi connectivity index (χ4n) is 6.97. The van der Waals surface area contributed by atoms with Crippen LogP contribution in [0.2, 0.25) is 0 Å². The third kappa shape index (κ3) is 19.5. The number of rotatable bonds is 31. The minimum atomic E-state index is -2.13. The third-order valence-corrected chi connectivity index (χ3v) is 10.7. The van der Waals surface area contributed by atoms with Gasteiger partial charge in [0.25, 0.3) is 11.5 Å². The largest absolute Gasteiger partial charge is 0.481 e. The number of benzene rings is 1. The number of hydrogen-bond acceptors (Lipinski definition) is 20. The van der Waals surface area contributed by atoms with E-state index >= 15 is 0 Å². The number of anilines is 2. The van der Waals surface area contributed by atoms with Crippen molar-refractivity contribution >= 4 is 94.0 Å². The molecule has 35 heteroatoms. The minimum absolute atomic E-state index is 0.00674. The Bertz CT molecular complexity index is 2990. The molecular weight excluding hydrogens is 1040 g/mol. The van der Waals surface area contributed by atoms with Crippen molar-refractivity contribution in [2.75, 3.05) is 17.6 Å². The monoisotopic (exact) mass is 1090 g/mol. The summed E-state index contributed by atoms with van der Waals surface area (Å²) in [5, 5.41) is 81.3. The number of guanidine groups is 1. The SMILES string of the molecule is Cn1cc(C[C@H](NC(=O)[C@H](CC(=O)O)NC(=O)[C@H](CC(=O)O)NC(=O)[C@H](CCCNC(=N)N)NC(=O)[C@H](CC(=O)O)NC(=O)CC[C@H](NC(=O)c2ccc(NCc3cnc4nc(N)[nH]c(=O)c4n3)cc2)C(=O)O)C(=O)O)nn1. The fourth-order valence-corrected chi connectivity index (χ4v) is 6.97. The van der Waals surface area contributed by atoms with Gasteiger partial charge in [-0.2, -0.15) is 4.98 Å². The van der Waals surface area contributed by atoms with Gasteiger partial charge in [0.05, 0.1) is 43.4 Å². The van der Waals surface area contributed by atoms with Gasteiger partial charge in [0.2, 0.25) is 35.5 Å². The molecule has 19 N–H and O–H groups in total. The Kier molecular flexibility index (Phi) is 21.9. The molecule has 0 radical (unpaired) electrons. The molecule has 78 heavy (non-hydrogen) atoms. The normalized spacial score (nSPS) is 13.1. The lowest BCUT2D eigenvalue weighted by atomic mass is 10.1. The summed E-state index contributed by atoms with van der Waals surface area (Å²) in [6.07, 6.45) is -3.07. The average Bonchev–Trinajstić information content (AvgIpc) is 3.77. The topological polar surface area (TPSA) is 563 Å². The van der Waals surface area contributed by atoms with Crippen molar-refractivity contribution in [3.63, 3.8) is 0 Å². The van der Waals surface area contributed by atoms with E-state index in [1.165, 1.54) is 48.4 Å². The molecule has 0 aliphatic carbocycles. The van der Waals surface area contributed by atoms with Crippen molar-refractivity contribution in [2.24, 2.45) is 12.8 Å². The van der Waals surface area contributed by atoms with Crippen LogP contribution < -0.4 is 59.6 Å². The van der Waals surface area contributed by atoms with E-state index in [0.29, 0.717) is 11.4 Å². The summed E-state index contributed by atoms with van der Waals surface area (Å²) in [5.41, 5.74) is 11.2. The molecular formula is C43H54N18O17. The molecule has 4 rings (SSSR count). The highest BCUT2D eigenvalue weighted by Crippen LogP contribution is 2.13. The third-order valence-electron chi connectivity index (χ3n) is 10.7. The smallest absolute Gasteiger partial charge is 0.326 e. The first-order valence-electron chi connectivity index (χ1n) is 23.0. The van der Waals surface area contributed by atoms with E-state index in [1.54, 1.807) is 0 Å². The van der Waals surface area contributed by atoms with Crippen LogP contribution in [0.15, 0.2) is 41.5 Å². The molecule has 35 nitrogen and oxygen atoms in total. The number of carboxylic acids is 5. The molecule has 0 spiro atoms. The molecule has 1 aromatic carbocycles. The van der Waals surface area contributed by atoms with Gasteiger partial charge in [-0.1, -0.05) is 5.21 Å². The number of aromatic amines is 1. The molecule has 6 amide bonds. The van der Waals surface area contributed by atoms with E-state index in [4.69, 9.17) is 16.9 Å². The number of nitrogens with one attached hydrogen (secondary N) is 10. The standard InChI is InChI=1S/C43H54N18O17/c1-61-17-20(59-60-61)11-27(41(77)78)56-38(73)26(14-31(67)68)55-37(72)25(13-30(65)66)54-35(70)22(3-2-10-47-42(44)45)52-36(71)24(12-29(63)64)51-28(62)9-8-23(40(75)76)53-34(69)18-4-6-19(7-5-18)48-15-21-16-49-33-32(50-21)39(74)58-43(46)57-33/h4-7,16-17,22-27,48H,2-3,8-15H2,1H3,(H,51,62)(H,52,71)(H,53,69)(H,54,70)(H,55,72)(H,56,73)(H,63,64)(H,65,66)(H,67,68)(H,75,76)(H,77,78)(H4,44,45,47)(H3,46,49,57,58,74)/t22-,23-,24-,25-,26-,27-/m0/s1. The fraction of sp³-hybridized carbons (Fsp3) is 0.395. The number of carbonyl (C=O) groups excluding carboxylic acids is 6. The first-order chi connectivity index (χ1) is 36.8. The van der Waals surface area contributed by atoms with Gasteiger partial charge in [-0.15, -0.1) is 5.10 Å². The second kappa shape index (κ2) is 28.3. The van der Waals surface area contributed by atoms with Crippen LogP contribution >= 0.6 is 0 Å². The summed E-state index contributed by atoms with van der Waals surface area (Å²) in [7, 11) is 1.48. The molecule has 418 valence electrons. The highest BCUT2D eigenvalue weighted by Gasteiger charge is 2.35. The van der Waals surface area contributed by atoms with Gasteiger partial charge in [-0.3, -0.25) is 63.0 Å². The van der Waals surface area contributed by atoms with E-state index in [0.717, 1.165) is 0 Å². The van der Waals surface area contributed by atoms with Crippen molar-refractivity contribution in [1.29, 1.82) is 5.41 Å². The van der Waals surface area contributed by atoms with E-state index in [2.05, 4.69) is 67.5 Å². The van der Waals surface area contributed by atoms with E-state index in [-0.39, 0.29) is 47.9 Å². The molecule has 0 saturated heterocycles. The van der Waals surface area contributed by atoms with Crippen LogP contribution in [0.5, 0.6) is 0 Å². The first-order valence-corrected chi connectivity index (χ1v) is 23.0. The Hall–Kier alpha value is -10.4. The number of nitrogens with two attached hydrogens (primary N) is 2. The Morgan fingerprint density at radius 3 is 1.76 bits per heavy atom. The van der Waals surface area contributed by atoms with Crippen molar-refractivity contribution in [1.82, 2.24) is 72.1 Å². The molecule has 0 bridgehead atoms. The van der Waals surface area contributed by atoms with Crippen LogP contribution in [0.25, 0.3) is 11.2 Å². The van der Waals surface area contributed by atoms with Crippen LogP contribution in [-0.4, -0.2) is 175 Å². The van der Waals surface area contributed by atoms with E-state index in [9.17, 15) is 83.1 Å². The van der Waals surface area contributed by atoms with Crippen molar-refractivity contribution < 1.29 is 78.3 Å². The Morgan fingerprint density at radius 2 is 1.23 bits per heavy atom. The van der Waals surface area contributed by atoms with Gasteiger partial charge in [0.1, 0.15) is 36.3 Å². The number of amides is 6. The molecule has 0 aliphatic rings. The quantitative estimate of drug-likeness (QED) is 0.0127. The van der Waals surface area contributed by atoms with E-state index < -0.39 is 158 Å². The molecule has 0 aliphatic heterocycles. The summed E-state index contributed by atoms with van der Waals surface area (Å²) in [4.78, 5) is 167. The summed E-state index contributed by atoms with van der Waals surface area (Å²) < 4.78 is 1.23. The Morgan fingerprint density at radius 1 is 0.692 bits per heavy atom. The van der Waals surface area contributed by atoms with Gasteiger partial charge < -0.3 is 79.5 Å². The second-order valence-electron chi connectivity index (χ2n) is 16.9. The summed E-state index contributed by atoms with van der Waals surface area (Å²) in [6, 6.07) is -5.75. The molecule has 3 aromatic heterocycles. The van der Waals surface area contributed by atoms with E-state index in [1.807, 2.05) is 5.32 Å². The summed E-state index contributed by atoms with van der Waals surface area (Å²) >= 11 is 0. The van der Waals surface area contributed by atoms with Crippen LogP contribution in [0.3, 0.4) is 0 Å². The molecule has 0 fully saturated rings. The predicted octanol–water partition coefficient (Wildman–Crippen LogP) is -5.56. The number of nitrogens with zero attached hydrogens (tertiary/aromatic N) is 6. The number of aliphatic carboxylic acids is 5. The highest BCUT2D eigenvalue weighted by molar-refractivity contribution is 5.99. The molecule has 3 heterocycles. The lowest BCUT2D eigenvalue weighted by Gasteiger charge is -2.26. The van der Waals surface area contributed by atoms with Gasteiger partial charge in [-0.25, -0.2) is 19.6 Å². The minimum Gasteiger partial charge on any atom is -0.481 e. The zero-order valence-electron chi connectivity index (χ0n) is 41.0. The van der Waals surface area contributed by atoms with Crippen molar-refractivity contribution in [3.05, 3.63) is 64.0 Å². The predicted molar refractivity (Wildman–Crippen MR) is 262 cm³/mol. The van der Waals surface area contributed by atoms with Gasteiger partial charge in [0.15, 0.2) is 17.1 Å².